The summed E-state index contributed by atoms with van der Waals surface area (Å²) < 4.78 is 1.56. The molecular formula is C17H13Cl2N3O3S. The van der Waals surface area contributed by atoms with Gasteiger partial charge in [0.25, 0.3) is 0 Å². The topological polar surface area (TPSA) is 90.3 Å². The van der Waals surface area contributed by atoms with E-state index in [1.165, 1.54) is 29.7 Å². The second-order valence-corrected chi connectivity index (χ2v) is 6.86. The summed E-state index contributed by atoms with van der Waals surface area (Å²) in [5.41, 5.74) is 1.64. The smallest absolute Gasteiger partial charge is 0.205 e. The third kappa shape index (κ3) is 3.41. The maximum absolute atomic E-state index is 9.93. The molecule has 0 amide bonds. The number of rotatable bonds is 3. The molecule has 3 N–H and O–H groups in total. The minimum Gasteiger partial charge on any atom is -0.504 e. The predicted molar refractivity (Wildman–Crippen MR) is 104 cm³/mol. The van der Waals surface area contributed by atoms with Gasteiger partial charge in [-0.25, -0.2) is 4.68 Å². The van der Waals surface area contributed by atoms with Gasteiger partial charge in [-0.1, -0.05) is 23.2 Å². The van der Waals surface area contributed by atoms with Crippen molar-refractivity contribution in [2.75, 3.05) is 7.05 Å². The van der Waals surface area contributed by atoms with Gasteiger partial charge in [0.15, 0.2) is 11.5 Å². The van der Waals surface area contributed by atoms with Crippen LogP contribution in [0, 0.1) is 0 Å². The number of aromatic nitrogens is 1. The summed E-state index contributed by atoms with van der Waals surface area (Å²) in [4.78, 5) is 4.78. The van der Waals surface area contributed by atoms with Crippen LogP contribution in [-0.4, -0.2) is 33.3 Å². The van der Waals surface area contributed by atoms with E-state index in [1.54, 1.807) is 29.9 Å². The lowest BCUT2D eigenvalue weighted by Crippen LogP contribution is -2.11. The van der Waals surface area contributed by atoms with Crippen molar-refractivity contribution in [3.8, 4) is 28.5 Å². The van der Waals surface area contributed by atoms with E-state index in [2.05, 4.69) is 10.1 Å². The number of aromatic hydroxyl groups is 3. The molecule has 0 atom stereocenters. The van der Waals surface area contributed by atoms with Crippen LogP contribution < -0.4 is 4.80 Å². The van der Waals surface area contributed by atoms with Crippen molar-refractivity contribution in [2.24, 2.45) is 10.1 Å². The van der Waals surface area contributed by atoms with Crippen LogP contribution in [0.3, 0.4) is 0 Å². The molecule has 1 aromatic heterocycles. The highest BCUT2D eigenvalue weighted by atomic mass is 35.5. The second-order valence-electron chi connectivity index (χ2n) is 5.18. The summed E-state index contributed by atoms with van der Waals surface area (Å²) in [6, 6.07) is 7.83. The Morgan fingerprint density at radius 2 is 1.85 bits per heavy atom. The zero-order valence-electron chi connectivity index (χ0n) is 13.4. The molecule has 0 aliphatic rings. The Labute approximate surface area is 162 Å². The Balaban J connectivity index is 2.11. The summed E-state index contributed by atoms with van der Waals surface area (Å²) in [7, 11) is 1.63. The number of phenolic OH excluding ortho intramolecular Hbond substituents is 3. The van der Waals surface area contributed by atoms with Gasteiger partial charge in [-0.3, -0.25) is 4.99 Å². The standard InChI is InChI=1S/C17H13Cl2N3O3S/c1-20-17-22(21-7-9-2-5-14(23)16(25)15(9)24)13(8-26-17)11-4-3-10(18)6-12(11)19/h2-8,23-25H,1H3. The summed E-state index contributed by atoms with van der Waals surface area (Å²) in [6.45, 7) is 0. The van der Waals surface area contributed by atoms with E-state index >= 15 is 0 Å². The largest absolute Gasteiger partial charge is 0.504 e. The molecule has 0 unspecified atom stereocenters. The highest BCUT2D eigenvalue weighted by molar-refractivity contribution is 7.07. The molecule has 0 fully saturated rings. The van der Waals surface area contributed by atoms with Crippen LogP contribution in [0.5, 0.6) is 17.2 Å². The molecule has 0 saturated heterocycles. The van der Waals surface area contributed by atoms with Gasteiger partial charge >= 0.3 is 0 Å². The molecule has 3 rings (SSSR count). The zero-order chi connectivity index (χ0) is 18.8. The fourth-order valence-corrected chi connectivity index (χ4v) is 3.55. The van der Waals surface area contributed by atoms with Gasteiger partial charge < -0.3 is 15.3 Å². The molecule has 26 heavy (non-hydrogen) atoms. The molecule has 1 heterocycles. The first-order valence-corrected chi connectivity index (χ1v) is 8.93. The third-order valence-corrected chi connectivity index (χ3v) is 5.01. The number of hydrogen-bond donors (Lipinski definition) is 3. The first-order valence-electron chi connectivity index (χ1n) is 7.29. The van der Waals surface area contributed by atoms with Crippen LogP contribution >= 0.6 is 34.5 Å². The average molecular weight is 410 g/mol. The second kappa shape index (κ2) is 7.41. The average Bonchev–Trinajstić information content (AvgIpc) is 3.02. The Bertz CT molecular complexity index is 1070. The molecule has 0 aliphatic carbocycles. The number of phenols is 3. The van der Waals surface area contributed by atoms with E-state index in [0.29, 0.717) is 20.5 Å². The number of hydrogen-bond acceptors (Lipinski definition) is 6. The van der Waals surface area contributed by atoms with Crippen LogP contribution in [0.2, 0.25) is 10.0 Å². The first kappa shape index (κ1) is 18.3. The number of nitrogens with zero attached hydrogens (tertiary/aromatic N) is 3. The van der Waals surface area contributed by atoms with Crippen molar-refractivity contribution < 1.29 is 15.3 Å². The minimum absolute atomic E-state index is 0.231. The van der Waals surface area contributed by atoms with E-state index in [0.717, 1.165) is 5.56 Å². The van der Waals surface area contributed by atoms with Crippen LogP contribution in [0.25, 0.3) is 11.3 Å². The maximum atomic E-state index is 9.93. The van der Waals surface area contributed by atoms with Crippen LogP contribution in [0.4, 0.5) is 0 Å². The number of benzene rings is 2. The normalized spacial score (nSPS) is 12.2. The van der Waals surface area contributed by atoms with Crippen molar-refractivity contribution in [2.45, 2.75) is 0 Å². The number of thiazole rings is 1. The lowest BCUT2D eigenvalue weighted by molar-refractivity contribution is 0.367. The van der Waals surface area contributed by atoms with Gasteiger partial charge in [-0.15, -0.1) is 11.3 Å². The third-order valence-electron chi connectivity index (χ3n) is 3.56. The highest BCUT2D eigenvalue weighted by Crippen LogP contribution is 2.36. The summed E-state index contributed by atoms with van der Waals surface area (Å²) in [6.07, 6.45) is 1.35. The summed E-state index contributed by atoms with van der Waals surface area (Å²) in [5, 5.41) is 36.1. The fraction of sp³-hybridized carbons (Fsp3) is 0.0588. The lowest BCUT2D eigenvalue weighted by Gasteiger charge is -2.07. The maximum Gasteiger partial charge on any atom is 0.205 e. The molecule has 0 bridgehead atoms. The Morgan fingerprint density at radius 3 is 2.54 bits per heavy atom. The Hall–Kier alpha value is -2.48. The SMILES string of the molecule is CN=c1scc(-c2ccc(Cl)cc2Cl)n1N=Cc1ccc(O)c(O)c1O. The molecule has 134 valence electrons. The van der Waals surface area contributed by atoms with Crippen LogP contribution in [0.15, 0.2) is 45.8 Å². The molecule has 9 heteroatoms. The molecule has 0 spiro atoms. The zero-order valence-corrected chi connectivity index (χ0v) is 15.7. The van der Waals surface area contributed by atoms with E-state index in [-0.39, 0.29) is 5.56 Å². The van der Waals surface area contributed by atoms with Gasteiger partial charge in [0, 0.05) is 28.6 Å². The van der Waals surface area contributed by atoms with Crippen molar-refractivity contribution >= 4 is 40.8 Å². The van der Waals surface area contributed by atoms with E-state index in [1.807, 2.05) is 5.38 Å². The van der Waals surface area contributed by atoms with Gasteiger partial charge in [0.2, 0.25) is 10.6 Å². The van der Waals surface area contributed by atoms with E-state index in [9.17, 15) is 15.3 Å². The summed E-state index contributed by atoms with van der Waals surface area (Å²) in [5.74, 6) is -1.49. The van der Waals surface area contributed by atoms with Gasteiger partial charge in [-0.05, 0) is 30.3 Å². The van der Waals surface area contributed by atoms with Gasteiger partial charge in [-0.2, -0.15) is 5.10 Å². The van der Waals surface area contributed by atoms with Crippen LogP contribution in [0.1, 0.15) is 5.56 Å². The Kier molecular flexibility index (Phi) is 5.22. The molecule has 3 aromatic rings. The van der Waals surface area contributed by atoms with Crippen LogP contribution in [-0.2, 0) is 0 Å². The lowest BCUT2D eigenvalue weighted by atomic mass is 10.2. The molecule has 0 aliphatic heterocycles. The van der Waals surface area contributed by atoms with Crippen molar-refractivity contribution in [1.82, 2.24) is 4.68 Å². The van der Waals surface area contributed by atoms with E-state index in [4.69, 9.17) is 23.2 Å². The molecule has 0 saturated carbocycles. The van der Waals surface area contributed by atoms with Gasteiger partial charge in [0.1, 0.15) is 0 Å². The highest BCUT2D eigenvalue weighted by Gasteiger charge is 2.13. The molecule has 2 aromatic carbocycles. The first-order chi connectivity index (χ1) is 12.4. The molecule has 6 nitrogen and oxygen atoms in total. The van der Waals surface area contributed by atoms with Crippen molar-refractivity contribution in [3.05, 3.63) is 56.1 Å². The van der Waals surface area contributed by atoms with Gasteiger partial charge in [0.05, 0.1) is 16.9 Å². The van der Waals surface area contributed by atoms with Crippen molar-refractivity contribution in [3.63, 3.8) is 0 Å². The fourth-order valence-electron chi connectivity index (χ4n) is 2.25. The quantitative estimate of drug-likeness (QED) is 0.450. The van der Waals surface area contributed by atoms with E-state index < -0.39 is 17.2 Å². The number of halogens is 2. The summed E-state index contributed by atoms with van der Waals surface area (Å²) >= 11 is 13.6. The van der Waals surface area contributed by atoms with Crippen molar-refractivity contribution in [1.29, 1.82) is 0 Å². The monoisotopic (exact) mass is 409 g/mol. The minimum atomic E-state index is -0.606. The molecular weight excluding hydrogens is 397 g/mol. The Morgan fingerprint density at radius 1 is 1.08 bits per heavy atom. The molecule has 0 radical (unpaired) electrons. The predicted octanol–water partition coefficient (Wildman–Crippen LogP) is 4.05.